The SMILES string of the molecule is N=C(N)c1c(O)n(CCc2ccccc2)c(=O)[nH]c1=O. The minimum absolute atomic E-state index is 0.172. The molecule has 0 atom stereocenters. The number of aromatic nitrogens is 2. The van der Waals surface area contributed by atoms with Crippen LogP contribution < -0.4 is 17.0 Å². The molecule has 1 aromatic heterocycles. The van der Waals surface area contributed by atoms with E-state index < -0.39 is 28.5 Å². The normalized spacial score (nSPS) is 10.4. The lowest BCUT2D eigenvalue weighted by Gasteiger charge is -2.10. The van der Waals surface area contributed by atoms with Gasteiger partial charge in [0.15, 0.2) is 0 Å². The first-order valence-electron chi connectivity index (χ1n) is 5.95. The van der Waals surface area contributed by atoms with Gasteiger partial charge >= 0.3 is 5.69 Å². The fourth-order valence-corrected chi connectivity index (χ4v) is 1.90. The number of amidine groups is 1. The zero-order chi connectivity index (χ0) is 14.7. The number of nitrogen functional groups attached to an aromatic ring is 1. The van der Waals surface area contributed by atoms with E-state index in [1.54, 1.807) is 0 Å². The van der Waals surface area contributed by atoms with Gasteiger partial charge in [0.05, 0.1) is 0 Å². The van der Waals surface area contributed by atoms with E-state index in [-0.39, 0.29) is 6.54 Å². The van der Waals surface area contributed by atoms with Crippen LogP contribution in [0.15, 0.2) is 39.9 Å². The fourth-order valence-electron chi connectivity index (χ4n) is 1.90. The number of aromatic amines is 1. The van der Waals surface area contributed by atoms with Crippen LogP contribution in [-0.2, 0) is 13.0 Å². The van der Waals surface area contributed by atoms with Gasteiger partial charge in [-0.25, -0.2) is 4.79 Å². The summed E-state index contributed by atoms with van der Waals surface area (Å²) in [5.74, 6) is -1.17. The van der Waals surface area contributed by atoms with Crippen molar-refractivity contribution in [3.8, 4) is 5.88 Å². The number of aryl methyl sites for hydroxylation is 1. The molecule has 0 aliphatic rings. The summed E-state index contributed by atoms with van der Waals surface area (Å²) in [4.78, 5) is 25.2. The van der Waals surface area contributed by atoms with Crippen molar-refractivity contribution in [3.05, 3.63) is 62.3 Å². The van der Waals surface area contributed by atoms with E-state index in [0.717, 1.165) is 10.1 Å². The molecule has 104 valence electrons. The van der Waals surface area contributed by atoms with Gasteiger partial charge in [-0.15, -0.1) is 0 Å². The van der Waals surface area contributed by atoms with Gasteiger partial charge < -0.3 is 10.8 Å². The molecule has 0 fully saturated rings. The molecular weight excluding hydrogens is 260 g/mol. The Balaban J connectivity index is 2.37. The topological polar surface area (TPSA) is 125 Å². The second-order valence-corrected chi connectivity index (χ2v) is 4.26. The van der Waals surface area contributed by atoms with Crippen molar-refractivity contribution in [1.29, 1.82) is 5.41 Å². The van der Waals surface area contributed by atoms with Gasteiger partial charge in [-0.1, -0.05) is 30.3 Å². The molecule has 2 rings (SSSR count). The number of benzene rings is 1. The van der Waals surface area contributed by atoms with Gasteiger partial charge in [0.1, 0.15) is 11.4 Å². The number of hydrogen-bond donors (Lipinski definition) is 4. The molecule has 7 nitrogen and oxygen atoms in total. The summed E-state index contributed by atoms with van der Waals surface area (Å²) in [6.07, 6.45) is 0.498. The molecule has 1 heterocycles. The monoisotopic (exact) mass is 274 g/mol. The molecule has 0 saturated heterocycles. The minimum Gasteiger partial charge on any atom is -0.494 e. The standard InChI is InChI=1S/C13H14N4O3/c14-10(15)9-11(18)16-13(20)17(12(9)19)7-6-8-4-2-1-3-5-8/h1-5,19H,6-7H2,(H3,14,15)(H,16,18,20). The maximum atomic E-state index is 11.7. The molecule has 0 radical (unpaired) electrons. The lowest BCUT2D eigenvalue weighted by molar-refractivity contribution is 0.399. The van der Waals surface area contributed by atoms with Crippen molar-refractivity contribution in [2.75, 3.05) is 0 Å². The van der Waals surface area contributed by atoms with E-state index in [1.165, 1.54) is 0 Å². The maximum absolute atomic E-state index is 11.7. The number of nitrogens with zero attached hydrogens (tertiary/aromatic N) is 1. The Morgan fingerprint density at radius 3 is 2.55 bits per heavy atom. The largest absolute Gasteiger partial charge is 0.494 e. The molecule has 7 heteroatoms. The van der Waals surface area contributed by atoms with Crippen molar-refractivity contribution in [2.45, 2.75) is 13.0 Å². The van der Waals surface area contributed by atoms with Crippen LogP contribution in [-0.4, -0.2) is 20.5 Å². The average Bonchev–Trinajstić information content (AvgIpc) is 2.38. The predicted octanol–water partition coefficient (Wildman–Crippen LogP) is -0.231. The molecule has 0 saturated carbocycles. The fraction of sp³-hybridized carbons (Fsp3) is 0.154. The molecule has 20 heavy (non-hydrogen) atoms. The first-order valence-corrected chi connectivity index (χ1v) is 5.95. The van der Waals surface area contributed by atoms with Crippen molar-refractivity contribution >= 4 is 5.84 Å². The van der Waals surface area contributed by atoms with E-state index in [1.807, 2.05) is 35.3 Å². The van der Waals surface area contributed by atoms with Crippen LogP contribution in [0.3, 0.4) is 0 Å². The Bertz CT molecular complexity index is 746. The number of aromatic hydroxyl groups is 1. The summed E-state index contributed by atoms with van der Waals surface area (Å²) in [6.45, 7) is 0.172. The number of nitrogens with two attached hydrogens (primary N) is 1. The van der Waals surface area contributed by atoms with Crippen LogP contribution in [0.1, 0.15) is 11.1 Å². The lowest BCUT2D eigenvalue weighted by atomic mass is 10.1. The van der Waals surface area contributed by atoms with Gasteiger partial charge in [0.25, 0.3) is 5.56 Å². The van der Waals surface area contributed by atoms with E-state index in [9.17, 15) is 14.7 Å². The number of hydrogen-bond acceptors (Lipinski definition) is 4. The average molecular weight is 274 g/mol. The molecule has 0 spiro atoms. The molecule has 0 aliphatic heterocycles. The van der Waals surface area contributed by atoms with Crippen LogP contribution >= 0.6 is 0 Å². The molecule has 2 aromatic rings. The van der Waals surface area contributed by atoms with Crippen LogP contribution in [0.2, 0.25) is 0 Å². The summed E-state index contributed by atoms with van der Waals surface area (Å²) < 4.78 is 0.991. The smallest absolute Gasteiger partial charge is 0.331 e. The summed E-state index contributed by atoms with van der Waals surface area (Å²) in [7, 11) is 0. The van der Waals surface area contributed by atoms with E-state index in [2.05, 4.69) is 0 Å². The van der Waals surface area contributed by atoms with Crippen molar-refractivity contribution < 1.29 is 5.11 Å². The highest BCUT2D eigenvalue weighted by molar-refractivity contribution is 5.96. The third-order valence-corrected chi connectivity index (χ3v) is 2.91. The van der Waals surface area contributed by atoms with E-state index in [4.69, 9.17) is 11.1 Å². The first kappa shape index (κ1) is 13.6. The van der Waals surface area contributed by atoms with Crippen molar-refractivity contribution in [2.24, 2.45) is 5.73 Å². The Morgan fingerprint density at radius 1 is 1.30 bits per heavy atom. The Kier molecular flexibility index (Phi) is 3.69. The zero-order valence-corrected chi connectivity index (χ0v) is 10.6. The Morgan fingerprint density at radius 2 is 1.95 bits per heavy atom. The lowest BCUT2D eigenvalue weighted by Crippen LogP contribution is -2.36. The minimum atomic E-state index is -0.865. The van der Waals surface area contributed by atoms with Gasteiger partial charge in [0.2, 0.25) is 5.88 Å². The predicted molar refractivity (Wildman–Crippen MR) is 74.1 cm³/mol. The number of H-pyrrole nitrogens is 1. The molecule has 0 bridgehead atoms. The van der Waals surface area contributed by atoms with Gasteiger partial charge in [-0.2, -0.15) is 0 Å². The molecule has 0 unspecified atom stereocenters. The first-order chi connectivity index (χ1) is 9.50. The highest BCUT2D eigenvalue weighted by Crippen LogP contribution is 2.10. The third kappa shape index (κ3) is 2.61. The van der Waals surface area contributed by atoms with Gasteiger partial charge in [0, 0.05) is 6.54 Å². The van der Waals surface area contributed by atoms with E-state index in [0.29, 0.717) is 6.42 Å². The van der Waals surface area contributed by atoms with Gasteiger partial charge in [-0.05, 0) is 12.0 Å². The third-order valence-electron chi connectivity index (χ3n) is 2.91. The molecule has 0 aliphatic carbocycles. The van der Waals surface area contributed by atoms with Crippen LogP contribution in [0.4, 0.5) is 0 Å². The second-order valence-electron chi connectivity index (χ2n) is 4.26. The molecule has 5 N–H and O–H groups in total. The summed E-state index contributed by atoms with van der Waals surface area (Å²) >= 11 is 0. The van der Waals surface area contributed by atoms with Crippen LogP contribution in [0.25, 0.3) is 0 Å². The zero-order valence-electron chi connectivity index (χ0n) is 10.6. The summed E-state index contributed by atoms with van der Waals surface area (Å²) in [5.41, 5.74) is 4.23. The summed E-state index contributed by atoms with van der Waals surface area (Å²) in [5, 5.41) is 17.2. The highest BCUT2D eigenvalue weighted by atomic mass is 16.3. The quantitative estimate of drug-likeness (QED) is 0.454. The van der Waals surface area contributed by atoms with Gasteiger partial charge in [-0.3, -0.25) is 19.8 Å². The number of nitrogens with one attached hydrogen (secondary N) is 2. The summed E-state index contributed by atoms with van der Waals surface area (Å²) in [6, 6.07) is 9.39. The van der Waals surface area contributed by atoms with Crippen molar-refractivity contribution in [1.82, 2.24) is 9.55 Å². The highest BCUT2D eigenvalue weighted by Gasteiger charge is 2.16. The van der Waals surface area contributed by atoms with Crippen LogP contribution in [0, 0.1) is 5.41 Å². The molecule has 0 amide bonds. The Labute approximate surface area is 113 Å². The number of rotatable bonds is 4. The van der Waals surface area contributed by atoms with Crippen molar-refractivity contribution in [3.63, 3.8) is 0 Å². The Hall–Kier alpha value is -2.83. The molecule has 1 aromatic carbocycles. The molecular formula is C13H14N4O3. The second kappa shape index (κ2) is 5.43. The van der Waals surface area contributed by atoms with E-state index >= 15 is 0 Å². The maximum Gasteiger partial charge on any atom is 0.331 e. The van der Waals surface area contributed by atoms with Crippen LogP contribution in [0.5, 0.6) is 5.88 Å².